The predicted octanol–water partition coefficient (Wildman–Crippen LogP) is 6.05. The van der Waals surface area contributed by atoms with Crippen molar-refractivity contribution in [3.63, 3.8) is 0 Å². The van der Waals surface area contributed by atoms with Crippen molar-refractivity contribution in [1.82, 2.24) is 9.88 Å². The summed E-state index contributed by atoms with van der Waals surface area (Å²) in [6, 6.07) is 13.5. The lowest BCUT2D eigenvalue weighted by Crippen LogP contribution is -2.39. The number of halogens is 1. The number of anilines is 1. The number of amides is 1. The summed E-state index contributed by atoms with van der Waals surface area (Å²) in [4.78, 5) is 23.5. The van der Waals surface area contributed by atoms with Gasteiger partial charge in [-0.05, 0) is 49.2 Å². The highest BCUT2D eigenvalue weighted by Crippen LogP contribution is 2.32. The second-order valence-electron chi connectivity index (χ2n) is 6.52. The van der Waals surface area contributed by atoms with Gasteiger partial charge in [-0.25, -0.2) is 4.98 Å². The molecule has 154 valence electrons. The Balaban J connectivity index is 1.98. The Morgan fingerprint density at radius 3 is 2.59 bits per heavy atom. The number of hydrogen-bond donors (Lipinski definition) is 0. The van der Waals surface area contributed by atoms with Gasteiger partial charge in [-0.1, -0.05) is 55.8 Å². The summed E-state index contributed by atoms with van der Waals surface area (Å²) < 4.78 is 0.990. The number of thiazole rings is 1. The molecule has 0 aliphatic heterocycles. The molecule has 0 N–H and O–H groups in total. The molecular weight excluding hydrogens is 422 g/mol. The number of nitrogens with zero attached hydrogens (tertiary/aromatic N) is 3. The van der Waals surface area contributed by atoms with E-state index in [1.165, 1.54) is 11.3 Å². The largest absolute Gasteiger partial charge is 0.302 e. The Labute approximate surface area is 185 Å². The standard InChI is InChI=1S/C22H26ClN3OS2/c1-4-25(5-2)13-14-26(21(27)17-9-7-8-10-19(17)28-6-3)22-24-18-12-11-16(23)15-20(18)29-22/h7-12,15H,4-6,13-14H2,1-3H3. The van der Waals surface area contributed by atoms with Gasteiger partial charge >= 0.3 is 0 Å². The lowest BCUT2D eigenvalue weighted by Gasteiger charge is -2.25. The molecular formula is C22H26ClN3OS2. The van der Waals surface area contributed by atoms with E-state index >= 15 is 0 Å². The molecule has 0 aliphatic carbocycles. The number of carbonyl (C=O) groups is 1. The molecule has 3 aromatic rings. The smallest absolute Gasteiger partial charge is 0.261 e. The van der Waals surface area contributed by atoms with Crippen LogP contribution in [0.2, 0.25) is 5.02 Å². The first-order valence-electron chi connectivity index (χ1n) is 9.89. The van der Waals surface area contributed by atoms with Gasteiger partial charge in [0.15, 0.2) is 5.13 Å². The van der Waals surface area contributed by atoms with Gasteiger partial charge < -0.3 is 4.90 Å². The summed E-state index contributed by atoms with van der Waals surface area (Å²) in [6.07, 6.45) is 0. The van der Waals surface area contributed by atoms with Gasteiger partial charge in [0, 0.05) is 23.0 Å². The third kappa shape index (κ3) is 5.31. The fourth-order valence-corrected chi connectivity index (χ4v) is 5.20. The Morgan fingerprint density at radius 2 is 1.86 bits per heavy atom. The monoisotopic (exact) mass is 447 g/mol. The minimum absolute atomic E-state index is 0.00106. The van der Waals surface area contributed by atoms with E-state index in [9.17, 15) is 4.79 Å². The van der Waals surface area contributed by atoms with E-state index in [4.69, 9.17) is 16.6 Å². The summed E-state index contributed by atoms with van der Waals surface area (Å²) in [7, 11) is 0. The molecule has 3 rings (SSSR count). The molecule has 7 heteroatoms. The number of thioether (sulfide) groups is 1. The zero-order valence-electron chi connectivity index (χ0n) is 17.0. The topological polar surface area (TPSA) is 36.4 Å². The highest BCUT2D eigenvalue weighted by atomic mass is 35.5. The van der Waals surface area contributed by atoms with Crippen LogP contribution in [0.25, 0.3) is 10.2 Å². The predicted molar refractivity (Wildman–Crippen MR) is 127 cm³/mol. The maximum atomic E-state index is 13.6. The minimum atomic E-state index is -0.00106. The van der Waals surface area contributed by atoms with Crippen LogP contribution in [0.3, 0.4) is 0 Å². The zero-order valence-corrected chi connectivity index (χ0v) is 19.4. The molecule has 29 heavy (non-hydrogen) atoms. The van der Waals surface area contributed by atoms with Crippen LogP contribution in [0.15, 0.2) is 47.4 Å². The van der Waals surface area contributed by atoms with Gasteiger partial charge in [0.1, 0.15) is 0 Å². The maximum Gasteiger partial charge on any atom is 0.261 e. The number of benzene rings is 2. The van der Waals surface area contributed by atoms with Gasteiger partial charge in [-0.3, -0.25) is 9.69 Å². The lowest BCUT2D eigenvalue weighted by molar-refractivity contribution is 0.0981. The van der Waals surface area contributed by atoms with E-state index in [1.54, 1.807) is 11.8 Å². The van der Waals surface area contributed by atoms with E-state index in [0.29, 0.717) is 11.6 Å². The summed E-state index contributed by atoms with van der Waals surface area (Å²) in [6.45, 7) is 9.69. The molecule has 0 atom stereocenters. The second kappa shape index (κ2) is 10.4. The van der Waals surface area contributed by atoms with Gasteiger partial charge in [0.2, 0.25) is 0 Å². The maximum absolute atomic E-state index is 13.6. The molecule has 0 unspecified atom stereocenters. The highest BCUT2D eigenvalue weighted by molar-refractivity contribution is 7.99. The van der Waals surface area contributed by atoms with Crippen LogP contribution >= 0.6 is 34.7 Å². The van der Waals surface area contributed by atoms with E-state index in [1.807, 2.05) is 47.4 Å². The van der Waals surface area contributed by atoms with Crippen LogP contribution in [-0.4, -0.2) is 47.7 Å². The number of fused-ring (bicyclic) bond motifs is 1. The number of rotatable bonds is 9. The Kier molecular flexibility index (Phi) is 7.95. The number of hydrogen-bond acceptors (Lipinski definition) is 5. The molecule has 0 radical (unpaired) electrons. The number of likely N-dealkylation sites (N-methyl/N-ethyl adjacent to an activating group) is 1. The fraction of sp³-hybridized carbons (Fsp3) is 0.364. The third-order valence-corrected chi connectivity index (χ3v) is 7.00. The van der Waals surface area contributed by atoms with Crippen molar-refractivity contribution in [2.75, 3.05) is 36.8 Å². The van der Waals surface area contributed by atoms with E-state index in [-0.39, 0.29) is 5.91 Å². The van der Waals surface area contributed by atoms with Crippen LogP contribution in [0.1, 0.15) is 31.1 Å². The number of aromatic nitrogens is 1. The van der Waals surface area contributed by atoms with Gasteiger partial charge in [0.25, 0.3) is 5.91 Å². The van der Waals surface area contributed by atoms with Gasteiger partial charge in [-0.15, -0.1) is 11.8 Å². The second-order valence-corrected chi connectivity index (χ2v) is 9.27. The molecule has 1 amide bonds. The summed E-state index contributed by atoms with van der Waals surface area (Å²) >= 11 is 9.35. The first kappa shape index (κ1) is 22.1. The molecule has 0 saturated heterocycles. The summed E-state index contributed by atoms with van der Waals surface area (Å²) in [5.41, 5.74) is 1.60. The molecule has 0 aliphatic rings. The highest BCUT2D eigenvalue weighted by Gasteiger charge is 2.24. The summed E-state index contributed by atoms with van der Waals surface area (Å²) in [5.74, 6) is 0.919. The third-order valence-electron chi connectivity index (χ3n) is 4.77. The number of carbonyl (C=O) groups excluding carboxylic acids is 1. The van der Waals surface area contributed by atoms with Crippen LogP contribution in [0.5, 0.6) is 0 Å². The van der Waals surface area contributed by atoms with Crippen LogP contribution in [-0.2, 0) is 0 Å². The Hall–Kier alpha value is -1.60. The fourth-order valence-electron chi connectivity index (χ4n) is 3.14. The molecule has 0 saturated carbocycles. The molecule has 4 nitrogen and oxygen atoms in total. The molecule has 0 fully saturated rings. The van der Waals surface area contributed by atoms with Crippen molar-refractivity contribution in [1.29, 1.82) is 0 Å². The van der Waals surface area contributed by atoms with Crippen LogP contribution in [0.4, 0.5) is 5.13 Å². The molecule has 2 aromatic carbocycles. The normalized spacial score (nSPS) is 11.3. The van der Waals surface area contributed by atoms with Gasteiger partial charge in [0.05, 0.1) is 15.8 Å². The molecule has 0 bridgehead atoms. The molecule has 1 aromatic heterocycles. The van der Waals surface area contributed by atoms with Crippen molar-refractivity contribution in [3.05, 3.63) is 53.1 Å². The van der Waals surface area contributed by atoms with Crippen molar-refractivity contribution in [3.8, 4) is 0 Å². The van der Waals surface area contributed by atoms with Crippen molar-refractivity contribution < 1.29 is 4.79 Å². The summed E-state index contributed by atoms with van der Waals surface area (Å²) in [5, 5.41) is 1.40. The minimum Gasteiger partial charge on any atom is -0.302 e. The first-order chi connectivity index (χ1) is 14.1. The lowest BCUT2D eigenvalue weighted by atomic mass is 10.2. The van der Waals surface area contributed by atoms with E-state index in [0.717, 1.165) is 51.2 Å². The average molecular weight is 448 g/mol. The van der Waals surface area contributed by atoms with Crippen molar-refractivity contribution >= 4 is 56.0 Å². The Morgan fingerprint density at radius 1 is 1.10 bits per heavy atom. The Bertz CT molecular complexity index is 972. The first-order valence-corrected chi connectivity index (χ1v) is 12.1. The van der Waals surface area contributed by atoms with E-state index in [2.05, 4.69) is 25.7 Å². The van der Waals surface area contributed by atoms with Crippen molar-refractivity contribution in [2.24, 2.45) is 0 Å². The van der Waals surface area contributed by atoms with Crippen LogP contribution in [0, 0.1) is 0 Å². The van der Waals surface area contributed by atoms with Crippen molar-refractivity contribution in [2.45, 2.75) is 25.7 Å². The van der Waals surface area contributed by atoms with Crippen LogP contribution < -0.4 is 4.90 Å². The molecule has 1 heterocycles. The van der Waals surface area contributed by atoms with Gasteiger partial charge in [-0.2, -0.15) is 0 Å². The average Bonchev–Trinajstić information content (AvgIpc) is 3.14. The molecule has 0 spiro atoms. The van der Waals surface area contributed by atoms with E-state index < -0.39 is 0 Å². The zero-order chi connectivity index (χ0) is 20.8. The quantitative estimate of drug-likeness (QED) is 0.374. The SMILES string of the molecule is CCSc1ccccc1C(=O)N(CCN(CC)CC)c1nc2ccc(Cl)cc2s1.